The molecule has 1 heterocycles. The van der Waals surface area contributed by atoms with E-state index in [4.69, 9.17) is 5.11 Å². The normalized spacial score (nSPS) is 31.6. The molecule has 0 aromatic rings. The minimum absolute atomic E-state index is 0.0367. The lowest BCUT2D eigenvalue weighted by Crippen LogP contribution is -2.40. The molecule has 0 aromatic heterocycles. The Morgan fingerprint density at radius 3 is 2.40 bits per heavy atom. The van der Waals surface area contributed by atoms with Crippen molar-refractivity contribution in [3.8, 4) is 0 Å². The standard InChI is InChI=1S/C12H18FNO5S/c13-20(18,19)7-8-5-11(15)14(6-8)10-3-1-9(2-4-10)12(16)17/h8-10H,1-7H2,(H,16,17). The van der Waals surface area contributed by atoms with Gasteiger partial charge in [0.05, 0.1) is 11.7 Å². The average molecular weight is 307 g/mol. The van der Waals surface area contributed by atoms with Crippen molar-refractivity contribution in [1.82, 2.24) is 4.90 Å². The highest BCUT2D eigenvalue weighted by Crippen LogP contribution is 2.32. The molecule has 1 aliphatic heterocycles. The molecule has 2 aliphatic rings. The van der Waals surface area contributed by atoms with Gasteiger partial charge < -0.3 is 10.0 Å². The predicted molar refractivity (Wildman–Crippen MR) is 68.1 cm³/mol. The van der Waals surface area contributed by atoms with Gasteiger partial charge in [-0.05, 0) is 25.7 Å². The lowest BCUT2D eigenvalue weighted by atomic mass is 9.85. The highest BCUT2D eigenvalue weighted by atomic mass is 32.3. The fourth-order valence-corrected chi connectivity index (χ4v) is 3.98. The topological polar surface area (TPSA) is 91.8 Å². The third-order valence-electron chi connectivity index (χ3n) is 4.16. The zero-order chi connectivity index (χ0) is 14.9. The Balaban J connectivity index is 1.91. The van der Waals surface area contributed by atoms with E-state index in [0.717, 1.165) is 0 Å². The first-order chi connectivity index (χ1) is 9.26. The first-order valence-corrected chi connectivity index (χ1v) is 8.26. The van der Waals surface area contributed by atoms with Gasteiger partial charge in [-0.15, -0.1) is 3.89 Å². The van der Waals surface area contributed by atoms with Gasteiger partial charge in [-0.3, -0.25) is 9.59 Å². The molecule has 8 heteroatoms. The van der Waals surface area contributed by atoms with Crippen LogP contribution in [0.1, 0.15) is 32.1 Å². The molecule has 1 N–H and O–H groups in total. The zero-order valence-corrected chi connectivity index (χ0v) is 11.8. The maximum Gasteiger partial charge on any atom is 0.306 e. The number of amides is 1. The molecule has 2 fully saturated rings. The van der Waals surface area contributed by atoms with Crippen LogP contribution in [0, 0.1) is 11.8 Å². The van der Waals surface area contributed by atoms with E-state index in [1.165, 1.54) is 0 Å². The Morgan fingerprint density at radius 1 is 1.30 bits per heavy atom. The van der Waals surface area contributed by atoms with Crippen LogP contribution in [0.25, 0.3) is 0 Å². The number of halogens is 1. The quantitative estimate of drug-likeness (QED) is 0.775. The summed E-state index contributed by atoms with van der Waals surface area (Å²) in [5.41, 5.74) is 0. The highest BCUT2D eigenvalue weighted by Gasteiger charge is 2.38. The first kappa shape index (κ1) is 15.2. The highest BCUT2D eigenvalue weighted by molar-refractivity contribution is 7.86. The van der Waals surface area contributed by atoms with E-state index < -0.39 is 27.9 Å². The number of aliphatic carboxylic acids is 1. The number of carboxylic acids is 1. The van der Waals surface area contributed by atoms with Crippen LogP contribution < -0.4 is 0 Å². The van der Waals surface area contributed by atoms with Gasteiger partial charge in [0.15, 0.2) is 0 Å². The van der Waals surface area contributed by atoms with Crippen LogP contribution in [0.3, 0.4) is 0 Å². The van der Waals surface area contributed by atoms with Crippen LogP contribution in [0.5, 0.6) is 0 Å². The molecule has 0 bridgehead atoms. The monoisotopic (exact) mass is 307 g/mol. The molecule has 114 valence electrons. The van der Waals surface area contributed by atoms with Crippen molar-refractivity contribution in [3.05, 3.63) is 0 Å². The summed E-state index contributed by atoms with van der Waals surface area (Å²) < 4.78 is 33.9. The fraction of sp³-hybridized carbons (Fsp3) is 0.833. The van der Waals surface area contributed by atoms with Gasteiger partial charge in [0.2, 0.25) is 5.91 Å². The van der Waals surface area contributed by atoms with Crippen LogP contribution >= 0.6 is 0 Å². The van der Waals surface area contributed by atoms with Crippen molar-refractivity contribution in [3.63, 3.8) is 0 Å². The van der Waals surface area contributed by atoms with Gasteiger partial charge in [0.25, 0.3) is 0 Å². The summed E-state index contributed by atoms with van der Waals surface area (Å²) in [5, 5.41) is 8.92. The van der Waals surface area contributed by atoms with E-state index in [1.54, 1.807) is 4.90 Å². The number of likely N-dealkylation sites (tertiary alicyclic amines) is 1. The van der Waals surface area contributed by atoms with Crippen LogP contribution in [0.15, 0.2) is 0 Å². The Hall–Kier alpha value is -1.18. The molecule has 2 rings (SSSR count). The van der Waals surface area contributed by atoms with E-state index in [9.17, 15) is 21.9 Å². The Morgan fingerprint density at radius 2 is 1.90 bits per heavy atom. The number of carboxylic acid groups (broad SMARTS) is 1. The van der Waals surface area contributed by atoms with Gasteiger partial charge >= 0.3 is 16.2 Å². The van der Waals surface area contributed by atoms with Crippen LogP contribution in [0.4, 0.5) is 3.89 Å². The largest absolute Gasteiger partial charge is 0.481 e. The van der Waals surface area contributed by atoms with Crippen LogP contribution in [0.2, 0.25) is 0 Å². The lowest BCUT2D eigenvalue weighted by molar-refractivity contribution is -0.143. The Labute approximate surface area is 117 Å². The molecule has 1 aliphatic carbocycles. The number of hydrogen-bond donors (Lipinski definition) is 1. The number of nitrogens with zero attached hydrogens (tertiary/aromatic N) is 1. The summed E-state index contributed by atoms with van der Waals surface area (Å²) in [5.74, 6) is -2.42. The van der Waals surface area contributed by atoms with E-state index in [-0.39, 0.29) is 30.8 Å². The number of hydrogen-bond acceptors (Lipinski definition) is 4. The van der Waals surface area contributed by atoms with Gasteiger partial charge in [-0.2, -0.15) is 8.42 Å². The molecule has 1 amide bonds. The molecule has 1 atom stereocenters. The Bertz CT molecular complexity index is 498. The van der Waals surface area contributed by atoms with Crippen LogP contribution in [-0.2, 0) is 19.8 Å². The molecule has 0 aromatic carbocycles. The van der Waals surface area contributed by atoms with Crippen molar-refractivity contribution in [1.29, 1.82) is 0 Å². The summed E-state index contributed by atoms with van der Waals surface area (Å²) in [6, 6.07) is -0.0367. The number of rotatable bonds is 4. The second kappa shape index (κ2) is 5.67. The fourth-order valence-electron chi connectivity index (χ4n) is 3.19. The maximum absolute atomic E-state index is 12.7. The van der Waals surface area contributed by atoms with Crippen molar-refractivity contribution >= 4 is 22.1 Å². The summed E-state index contributed by atoms with van der Waals surface area (Å²) in [4.78, 5) is 24.3. The molecule has 0 radical (unpaired) electrons. The summed E-state index contributed by atoms with van der Waals surface area (Å²) in [6.07, 6.45) is 2.32. The maximum atomic E-state index is 12.7. The van der Waals surface area contributed by atoms with Crippen molar-refractivity contribution in [2.24, 2.45) is 11.8 Å². The first-order valence-electron chi connectivity index (χ1n) is 6.71. The lowest BCUT2D eigenvalue weighted by Gasteiger charge is -2.33. The Kier molecular flexibility index (Phi) is 4.31. The smallest absolute Gasteiger partial charge is 0.306 e. The van der Waals surface area contributed by atoms with Gasteiger partial charge in [0.1, 0.15) is 0 Å². The molecule has 1 unspecified atom stereocenters. The van der Waals surface area contributed by atoms with Crippen LogP contribution in [-0.4, -0.2) is 48.6 Å². The van der Waals surface area contributed by atoms with Gasteiger partial charge in [-0.1, -0.05) is 0 Å². The van der Waals surface area contributed by atoms with Crippen molar-refractivity contribution in [2.75, 3.05) is 12.3 Å². The third-order valence-corrected chi connectivity index (χ3v) is 5.03. The number of carbonyl (C=O) groups is 2. The van der Waals surface area contributed by atoms with E-state index in [2.05, 4.69) is 0 Å². The predicted octanol–water partition coefficient (Wildman–Crippen LogP) is 0.778. The zero-order valence-electron chi connectivity index (χ0n) is 11.0. The molecule has 1 saturated heterocycles. The minimum Gasteiger partial charge on any atom is -0.481 e. The van der Waals surface area contributed by atoms with Gasteiger partial charge in [-0.25, -0.2) is 0 Å². The summed E-state index contributed by atoms with van der Waals surface area (Å²) >= 11 is 0. The van der Waals surface area contributed by atoms with Gasteiger partial charge in [0, 0.05) is 24.9 Å². The molecular weight excluding hydrogens is 289 g/mol. The molecule has 0 spiro atoms. The van der Waals surface area contributed by atoms with E-state index in [1.807, 2.05) is 0 Å². The van der Waals surface area contributed by atoms with E-state index in [0.29, 0.717) is 25.7 Å². The summed E-state index contributed by atoms with van der Waals surface area (Å²) in [6.45, 7) is 0.254. The molecular formula is C12H18FNO5S. The second-order valence-corrected chi connectivity index (χ2v) is 7.08. The van der Waals surface area contributed by atoms with Crippen molar-refractivity contribution in [2.45, 2.75) is 38.1 Å². The minimum atomic E-state index is -4.56. The van der Waals surface area contributed by atoms with Crippen molar-refractivity contribution < 1.29 is 27.0 Å². The van der Waals surface area contributed by atoms with E-state index >= 15 is 0 Å². The number of carbonyl (C=O) groups excluding carboxylic acids is 1. The third kappa shape index (κ3) is 3.68. The second-order valence-electron chi connectivity index (χ2n) is 5.67. The molecule has 6 nitrogen and oxygen atoms in total. The molecule has 1 saturated carbocycles. The SMILES string of the molecule is O=C(O)C1CCC(N2CC(CS(=O)(=O)F)CC2=O)CC1. The molecule has 20 heavy (non-hydrogen) atoms. The summed E-state index contributed by atoms with van der Waals surface area (Å²) in [7, 11) is -4.56. The average Bonchev–Trinajstić information content (AvgIpc) is 2.67.